The topological polar surface area (TPSA) is 63.2 Å². The van der Waals surface area contributed by atoms with Crippen LogP contribution in [-0.2, 0) is 30.4 Å². The van der Waals surface area contributed by atoms with Crippen LogP contribution in [0.25, 0.3) is 0 Å². The van der Waals surface area contributed by atoms with E-state index in [-0.39, 0.29) is 0 Å². The van der Waals surface area contributed by atoms with E-state index in [1.807, 2.05) is 30.3 Å². The van der Waals surface area contributed by atoms with Crippen molar-refractivity contribution in [3.63, 3.8) is 0 Å². The molecule has 6 nitrogen and oxygen atoms in total. The summed E-state index contributed by atoms with van der Waals surface area (Å²) in [6, 6.07) is 17.8. The van der Waals surface area contributed by atoms with Crippen LogP contribution in [-0.4, -0.2) is 41.5 Å². The van der Waals surface area contributed by atoms with Gasteiger partial charge in [0, 0.05) is 6.07 Å². The van der Waals surface area contributed by atoms with Crippen LogP contribution in [0.4, 0.5) is 0 Å². The Balaban J connectivity index is 1.78. The van der Waals surface area contributed by atoms with Crippen molar-refractivity contribution in [2.24, 2.45) is 0 Å². The fourth-order valence-corrected chi connectivity index (χ4v) is 3.95. The Kier molecular flexibility index (Phi) is 8.79. The van der Waals surface area contributed by atoms with Gasteiger partial charge in [0.05, 0.1) is 35.5 Å². The van der Waals surface area contributed by atoms with Crippen LogP contribution in [0.15, 0.2) is 54.6 Å². The second-order valence-corrected chi connectivity index (χ2v) is 7.85. The number of aryl methyl sites for hydroxylation is 4. The van der Waals surface area contributed by atoms with Crippen molar-refractivity contribution in [2.45, 2.75) is 25.7 Å². The van der Waals surface area contributed by atoms with Gasteiger partial charge in [0.25, 0.3) is 0 Å². The second kappa shape index (κ2) is 12.0. The third kappa shape index (κ3) is 6.01. The Morgan fingerprint density at radius 2 is 1.15 bits per heavy atom. The van der Waals surface area contributed by atoms with Crippen LogP contribution < -0.4 is 18.9 Å². The number of esters is 1. The lowest BCUT2D eigenvalue weighted by molar-refractivity contribution is 0.0597. The molecule has 0 saturated heterocycles. The summed E-state index contributed by atoms with van der Waals surface area (Å²) >= 11 is 0. The maximum atomic E-state index is 11.9. The number of benzene rings is 3. The zero-order chi connectivity index (χ0) is 24.5. The first-order valence-electron chi connectivity index (χ1n) is 11.1. The lowest BCUT2D eigenvalue weighted by Crippen LogP contribution is -2.05. The highest BCUT2D eigenvalue weighted by molar-refractivity contribution is 5.92. The van der Waals surface area contributed by atoms with E-state index in [1.54, 1.807) is 34.5 Å². The normalized spacial score (nSPS) is 10.5. The predicted molar refractivity (Wildman–Crippen MR) is 132 cm³/mol. The molecule has 0 aliphatic carbocycles. The van der Waals surface area contributed by atoms with Crippen molar-refractivity contribution in [3.05, 3.63) is 82.4 Å². The molecule has 0 aliphatic rings. The summed E-state index contributed by atoms with van der Waals surface area (Å²) in [7, 11) is 7.93. The monoisotopic (exact) mass is 464 g/mol. The summed E-state index contributed by atoms with van der Waals surface area (Å²) in [6.07, 6.45) is 3.26. The zero-order valence-electron chi connectivity index (χ0n) is 20.5. The average Bonchev–Trinajstić information content (AvgIpc) is 2.89. The van der Waals surface area contributed by atoms with Gasteiger partial charge in [-0.15, -0.1) is 0 Å². The van der Waals surface area contributed by atoms with E-state index in [0.717, 1.165) is 59.6 Å². The molecule has 0 N–H and O–H groups in total. The fraction of sp³-hybridized carbons (Fsp3) is 0.321. The van der Waals surface area contributed by atoms with Gasteiger partial charge in [0.2, 0.25) is 0 Å². The standard InChI is InChI=1S/C28H32O6/c1-30-23-13-8-19(9-14-23)6-11-21-17-22(26(32-3)18-25(21)31-2)12-7-20-10-15-24(28(29)34-5)27(16-20)33-4/h8-10,13-18H,6-7,11-12H2,1-5H3. The molecule has 0 aliphatic heterocycles. The summed E-state index contributed by atoms with van der Waals surface area (Å²) in [4.78, 5) is 11.9. The van der Waals surface area contributed by atoms with Crippen LogP contribution in [0.2, 0.25) is 0 Å². The zero-order valence-corrected chi connectivity index (χ0v) is 20.5. The molecule has 3 rings (SSSR count). The van der Waals surface area contributed by atoms with Gasteiger partial charge in [-0.05, 0) is 78.3 Å². The van der Waals surface area contributed by atoms with Gasteiger partial charge < -0.3 is 23.7 Å². The largest absolute Gasteiger partial charge is 0.497 e. The van der Waals surface area contributed by atoms with Crippen molar-refractivity contribution in [2.75, 3.05) is 35.5 Å². The van der Waals surface area contributed by atoms with E-state index in [2.05, 4.69) is 18.2 Å². The second-order valence-electron chi connectivity index (χ2n) is 7.85. The van der Waals surface area contributed by atoms with Crippen molar-refractivity contribution < 1.29 is 28.5 Å². The molecule has 0 saturated carbocycles. The molecule has 0 atom stereocenters. The summed E-state index contributed by atoms with van der Waals surface area (Å²) in [5.74, 6) is 2.55. The Hall–Kier alpha value is -3.67. The lowest BCUT2D eigenvalue weighted by atomic mass is 9.97. The highest BCUT2D eigenvalue weighted by Crippen LogP contribution is 2.32. The van der Waals surface area contributed by atoms with Gasteiger partial charge in [-0.1, -0.05) is 18.2 Å². The Morgan fingerprint density at radius 3 is 1.68 bits per heavy atom. The minimum Gasteiger partial charge on any atom is -0.497 e. The average molecular weight is 465 g/mol. The van der Waals surface area contributed by atoms with Crippen molar-refractivity contribution in [3.8, 4) is 23.0 Å². The first-order valence-corrected chi connectivity index (χ1v) is 11.1. The summed E-state index contributed by atoms with van der Waals surface area (Å²) < 4.78 is 26.8. The molecule has 34 heavy (non-hydrogen) atoms. The molecule has 6 heteroatoms. The highest BCUT2D eigenvalue weighted by atomic mass is 16.5. The third-order valence-corrected chi connectivity index (χ3v) is 5.88. The van der Waals surface area contributed by atoms with E-state index < -0.39 is 5.97 Å². The number of carbonyl (C=O) groups is 1. The Bertz CT molecular complexity index is 1100. The predicted octanol–water partition coefficient (Wildman–Crippen LogP) is 5.08. The molecule has 0 heterocycles. The molecule has 0 unspecified atom stereocenters. The van der Waals surface area contributed by atoms with E-state index in [9.17, 15) is 4.79 Å². The molecular formula is C28H32O6. The Morgan fingerprint density at radius 1 is 0.588 bits per heavy atom. The molecule has 0 amide bonds. The van der Waals surface area contributed by atoms with E-state index in [1.165, 1.54) is 12.7 Å². The van der Waals surface area contributed by atoms with Crippen molar-refractivity contribution in [1.82, 2.24) is 0 Å². The van der Waals surface area contributed by atoms with Crippen molar-refractivity contribution in [1.29, 1.82) is 0 Å². The molecule has 0 bridgehead atoms. The van der Waals surface area contributed by atoms with Gasteiger partial charge in [0.15, 0.2) is 0 Å². The molecule has 0 radical (unpaired) electrons. The SMILES string of the molecule is COC(=O)c1ccc(CCc2cc(CCc3ccc(OC)cc3)c(OC)cc2OC)cc1OC. The first kappa shape index (κ1) is 25.0. The maximum absolute atomic E-state index is 11.9. The molecule has 0 aromatic heterocycles. The Labute approximate surface area is 201 Å². The van der Waals surface area contributed by atoms with E-state index in [0.29, 0.717) is 11.3 Å². The van der Waals surface area contributed by atoms with Crippen LogP contribution in [0.5, 0.6) is 23.0 Å². The van der Waals surface area contributed by atoms with Gasteiger partial charge in [-0.25, -0.2) is 4.79 Å². The molecule has 3 aromatic carbocycles. The van der Waals surface area contributed by atoms with Crippen LogP contribution in [0.1, 0.15) is 32.6 Å². The smallest absolute Gasteiger partial charge is 0.341 e. The number of hydrogen-bond acceptors (Lipinski definition) is 6. The van der Waals surface area contributed by atoms with E-state index >= 15 is 0 Å². The summed E-state index contributed by atoms with van der Waals surface area (Å²) in [5, 5.41) is 0. The first-order chi connectivity index (χ1) is 16.5. The molecular weight excluding hydrogens is 432 g/mol. The van der Waals surface area contributed by atoms with Crippen LogP contribution in [0, 0.1) is 0 Å². The van der Waals surface area contributed by atoms with E-state index in [4.69, 9.17) is 23.7 Å². The van der Waals surface area contributed by atoms with Crippen LogP contribution in [0.3, 0.4) is 0 Å². The van der Waals surface area contributed by atoms with Gasteiger partial charge in [-0.3, -0.25) is 0 Å². The lowest BCUT2D eigenvalue weighted by Gasteiger charge is -2.16. The molecule has 3 aromatic rings. The number of ether oxygens (including phenoxy) is 5. The maximum Gasteiger partial charge on any atom is 0.341 e. The highest BCUT2D eigenvalue weighted by Gasteiger charge is 2.15. The summed E-state index contributed by atoms with van der Waals surface area (Å²) in [5.41, 5.74) is 4.94. The minimum atomic E-state index is -0.415. The number of methoxy groups -OCH3 is 5. The molecule has 0 spiro atoms. The summed E-state index contributed by atoms with van der Waals surface area (Å²) in [6.45, 7) is 0. The van der Waals surface area contributed by atoms with Gasteiger partial charge in [0.1, 0.15) is 28.6 Å². The van der Waals surface area contributed by atoms with Crippen molar-refractivity contribution >= 4 is 5.97 Å². The third-order valence-electron chi connectivity index (χ3n) is 5.88. The quantitative estimate of drug-likeness (QED) is 0.369. The van der Waals surface area contributed by atoms with Gasteiger partial charge >= 0.3 is 5.97 Å². The van der Waals surface area contributed by atoms with Gasteiger partial charge in [-0.2, -0.15) is 0 Å². The number of carbonyl (C=O) groups excluding carboxylic acids is 1. The number of hydrogen-bond donors (Lipinski definition) is 0. The molecule has 0 fully saturated rings. The fourth-order valence-electron chi connectivity index (χ4n) is 3.95. The minimum absolute atomic E-state index is 0.414. The number of rotatable bonds is 11. The molecule has 180 valence electrons. The van der Waals surface area contributed by atoms with Crippen LogP contribution >= 0.6 is 0 Å².